The van der Waals surface area contributed by atoms with Crippen molar-refractivity contribution in [1.82, 2.24) is 0 Å². The third kappa shape index (κ3) is 2.94. The van der Waals surface area contributed by atoms with Gasteiger partial charge in [0.15, 0.2) is 0 Å². The second kappa shape index (κ2) is 5.87. The minimum Gasteiger partial charge on any atom is -0.469 e. The van der Waals surface area contributed by atoms with Crippen molar-refractivity contribution in [3.63, 3.8) is 0 Å². The van der Waals surface area contributed by atoms with Gasteiger partial charge in [0, 0.05) is 10.9 Å². The van der Waals surface area contributed by atoms with E-state index in [2.05, 4.69) is 44.9 Å². The first-order valence-corrected chi connectivity index (χ1v) is 7.29. The maximum Gasteiger partial charge on any atom is 0.305 e. The normalized spacial score (nSPS) is 27.2. The SMILES string of the molecule is Brc1ccc(C2C3CCC32)cc1.CCC(=O)OC. The zero-order valence-corrected chi connectivity index (χ0v) is 12.4. The second-order valence-electron chi connectivity index (χ2n) is 4.91. The van der Waals surface area contributed by atoms with Crippen LogP contribution >= 0.6 is 15.9 Å². The fourth-order valence-electron chi connectivity index (χ4n) is 2.68. The lowest BCUT2D eigenvalue weighted by Gasteiger charge is -2.04. The van der Waals surface area contributed by atoms with Gasteiger partial charge in [0.1, 0.15) is 0 Å². The third-order valence-corrected chi connectivity index (χ3v) is 4.46. The topological polar surface area (TPSA) is 26.3 Å². The molecule has 0 bridgehead atoms. The van der Waals surface area contributed by atoms with E-state index in [0.29, 0.717) is 6.42 Å². The van der Waals surface area contributed by atoms with E-state index < -0.39 is 0 Å². The second-order valence-corrected chi connectivity index (χ2v) is 5.83. The zero-order valence-electron chi connectivity index (χ0n) is 10.9. The molecule has 2 aliphatic rings. The van der Waals surface area contributed by atoms with Gasteiger partial charge in [-0.05, 0) is 48.3 Å². The summed E-state index contributed by atoms with van der Waals surface area (Å²) in [6.07, 6.45) is 3.42. The molecule has 0 radical (unpaired) electrons. The van der Waals surface area contributed by atoms with Crippen LogP contribution < -0.4 is 0 Å². The molecule has 98 valence electrons. The van der Waals surface area contributed by atoms with Crippen molar-refractivity contribution < 1.29 is 9.53 Å². The van der Waals surface area contributed by atoms with Crippen LogP contribution in [0.3, 0.4) is 0 Å². The lowest BCUT2D eigenvalue weighted by Crippen LogP contribution is -1.94. The minimum absolute atomic E-state index is 0.157. The van der Waals surface area contributed by atoms with Crippen LogP contribution in [0.1, 0.15) is 37.7 Å². The number of esters is 1. The van der Waals surface area contributed by atoms with Crippen molar-refractivity contribution in [2.45, 2.75) is 32.1 Å². The molecule has 2 unspecified atom stereocenters. The average Bonchev–Trinajstić information content (AvgIpc) is 2.90. The highest BCUT2D eigenvalue weighted by Crippen LogP contribution is 2.66. The molecule has 2 saturated carbocycles. The van der Waals surface area contributed by atoms with E-state index in [0.717, 1.165) is 17.8 Å². The van der Waals surface area contributed by atoms with Gasteiger partial charge in [-0.25, -0.2) is 0 Å². The summed E-state index contributed by atoms with van der Waals surface area (Å²) in [6.45, 7) is 1.76. The summed E-state index contributed by atoms with van der Waals surface area (Å²) in [7, 11) is 1.38. The van der Waals surface area contributed by atoms with Gasteiger partial charge in [-0.2, -0.15) is 0 Å². The molecule has 3 heteroatoms. The fourth-order valence-corrected chi connectivity index (χ4v) is 2.94. The number of fused-ring (bicyclic) bond motifs is 1. The summed E-state index contributed by atoms with van der Waals surface area (Å²) < 4.78 is 5.45. The van der Waals surface area contributed by atoms with Gasteiger partial charge in [-0.15, -0.1) is 0 Å². The number of halogens is 1. The van der Waals surface area contributed by atoms with Crippen LogP contribution in [0, 0.1) is 11.8 Å². The Bertz CT molecular complexity index is 397. The van der Waals surface area contributed by atoms with Crippen LogP contribution in [0.15, 0.2) is 28.7 Å². The number of hydrogen-bond donors (Lipinski definition) is 0. The first-order chi connectivity index (χ1) is 8.67. The number of carbonyl (C=O) groups excluding carboxylic acids is 1. The smallest absolute Gasteiger partial charge is 0.305 e. The molecule has 2 nitrogen and oxygen atoms in total. The molecule has 0 spiro atoms. The summed E-state index contributed by atoms with van der Waals surface area (Å²) in [4.78, 5) is 9.96. The van der Waals surface area contributed by atoms with E-state index in [4.69, 9.17) is 0 Å². The predicted octanol–water partition coefficient (Wildman–Crippen LogP) is 4.14. The number of carbonyl (C=O) groups is 1. The van der Waals surface area contributed by atoms with Gasteiger partial charge in [-0.3, -0.25) is 4.79 Å². The lowest BCUT2D eigenvalue weighted by atomic mass is 10.0. The van der Waals surface area contributed by atoms with Crippen molar-refractivity contribution >= 4 is 21.9 Å². The Labute approximate surface area is 117 Å². The molecule has 0 amide bonds. The zero-order chi connectivity index (χ0) is 13.1. The van der Waals surface area contributed by atoms with Crippen LogP contribution in [-0.2, 0) is 9.53 Å². The number of benzene rings is 1. The Morgan fingerprint density at radius 1 is 1.28 bits per heavy atom. The molecule has 0 N–H and O–H groups in total. The van der Waals surface area contributed by atoms with Crippen LogP contribution in [0.5, 0.6) is 0 Å². The third-order valence-electron chi connectivity index (χ3n) is 3.94. The molecule has 2 fully saturated rings. The fraction of sp³-hybridized carbons (Fsp3) is 0.533. The molecule has 0 heterocycles. The van der Waals surface area contributed by atoms with Gasteiger partial charge >= 0.3 is 5.97 Å². The molecule has 0 saturated heterocycles. The Balaban J connectivity index is 0.000000174. The monoisotopic (exact) mass is 310 g/mol. The lowest BCUT2D eigenvalue weighted by molar-refractivity contribution is -0.140. The Hall–Kier alpha value is -0.830. The largest absolute Gasteiger partial charge is 0.469 e. The van der Waals surface area contributed by atoms with Gasteiger partial charge < -0.3 is 4.74 Å². The Kier molecular flexibility index (Phi) is 4.44. The van der Waals surface area contributed by atoms with Crippen molar-refractivity contribution in [2.75, 3.05) is 7.11 Å². The van der Waals surface area contributed by atoms with E-state index in [1.54, 1.807) is 12.5 Å². The Morgan fingerprint density at radius 3 is 2.17 bits per heavy atom. The van der Waals surface area contributed by atoms with Crippen LogP contribution in [0.4, 0.5) is 0 Å². The van der Waals surface area contributed by atoms with Crippen molar-refractivity contribution in [1.29, 1.82) is 0 Å². The minimum atomic E-state index is -0.157. The maximum atomic E-state index is 9.96. The highest BCUT2D eigenvalue weighted by Gasteiger charge is 2.56. The number of ether oxygens (including phenoxy) is 1. The highest BCUT2D eigenvalue weighted by molar-refractivity contribution is 9.10. The van der Waals surface area contributed by atoms with Crippen LogP contribution in [-0.4, -0.2) is 13.1 Å². The first kappa shape index (κ1) is 13.6. The summed E-state index contributed by atoms with van der Waals surface area (Å²) in [5.41, 5.74) is 1.56. The molecule has 18 heavy (non-hydrogen) atoms. The van der Waals surface area contributed by atoms with E-state index in [9.17, 15) is 4.79 Å². The summed E-state index contributed by atoms with van der Waals surface area (Å²) in [5, 5.41) is 0. The highest BCUT2D eigenvalue weighted by atomic mass is 79.9. The summed E-state index contributed by atoms with van der Waals surface area (Å²) in [5.74, 6) is 2.89. The van der Waals surface area contributed by atoms with Gasteiger partial charge in [0.2, 0.25) is 0 Å². The van der Waals surface area contributed by atoms with E-state index >= 15 is 0 Å². The molecule has 0 aromatic heterocycles. The molecule has 0 aliphatic heterocycles. The molecule has 1 aromatic rings. The van der Waals surface area contributed by atoms with Gasteiger partial charge in [-0.1, -0.05) is 35.0 Å². The van der Waals surface area contributed by atoms with Crippen LogP contribution in [0.2, 0.25) is 0 Å². The quantitative estimate of drug-likeness (QED) is 0.767. The molecular formula is C15H19BrO2. The molecular weight excluding hydrogens is 292 g/mol. The molecule has 3 rings (SSSR count). The average molecular weight is 311 g/mol. The van der Waals surface area contributed by atoms with Crippen LogP contribution in [0.25, 0.3) is 0 Å². The van der Waals surface area contributed by atoms with Gasteiger partial charge in [0.05, 0.1) is 7.11 Å². The molecule has 2 atom stereocenters. The summed E-state index contributed by atoms with van der Waals surface area (Å²) >= 11 is 3.46. The Morgan fingerprint density at radius 2 is 1.83 bits per heavy atom. The molecule has 2 aliphatic carbocycles. The number of methoxy groups -OCH3 is 1. The molecule has 1 aromatic carbocycles. The van der Waals surface area contributed by atoms with Crippen molar-refractivity contribution in [3.8, 4) is 0 Å². The van der Waals surface area contributed by atoms with E-state index in [1.165, 1.54) is 24.4 Å². The first-order valence-electron chi connectivity index (χ1n) is 6.49. The van der Waals surface area contributed by atoms with Gasteiger partial charge in [0.25, 0.3) is 0 Å². The number of rotatable bonds is 2. The van der Waals surface area contributed by atoms with Crippen molar-refractivity contribution in [3.05, 3.63) is 34.3 Å². The van der Waals surface area contributed by atoms with E-state index in [1.807, 2.05) is 0 Å². The summed E-state index contributed by atoms with van der Waals surface area (Å²) in [6, 6.07) is 8.86. The maximum absolute atomic E-state index is 9.96. The standard InChI is InChI=1S/C11H11Br.C4H8O2/c12-8-3-1-7(2-4-8)11-9-5-6-10(9)11;1-3-4(5)6-2/h1-4,9-11H,5-6H2;3H2,1-2H3. The predicted molar refractivity (Wildman–Crippen MR) is 75.4 cm³/mol. The van der Waals surface area contributed by atoms with Crippen molar-refractivity contribution in [2.24, 2.45) is 11.8 Å². The number of hydrogen-bond acceptors (Lipinski definition) is 2. The van der Waals surface area contributed by atoms with E-state index in [-0.39, 0.29) is 5.97 Å².